The molecule has 0 atom stereocenters. The van der Waals surface area contributed by atoms with Gasteiger partial charge >= 0.3 is 0 Å². The van der Waals surface area contributed by atoms with Gasteiger partial charge in [0.2, 0.25) is 0 Å². The first-order valence-corrected chi connectivity index (χ1v) is 34.5. The maximum Gasteiger partial charge on any atom is 0.170 e. The van der Waals surface area contributed by atoms with E-state index in [1.54, 1.807) is 0 Å². The molecule has 15 rings (SSSR count). The standard InChI is InChI=1S/C84H74N8O6S2/c1-15-53-67-68(54(16-2)76(100)75(53)99)84-91-82-60-40-66(98-74-51(13)33-22-34-52(74)14)64(96-72-47(9)29-20-30-48(72)10)38-58(60)80(89-82)87-78-56-36-62(94-70-43(5)25-18-26-44(70)6)61(93-69-41(3)23-17-24-42(69)4)35-55(56)77(85-78)86-79-57-37-63(95-71-45(7)27-19-28-46(71)8)65(97-73-49(11)31-21-32-50(73)12)39-59(57)81(88-79)90-83(67)92-84/h17-40,99-100H,15-16H2,1-14H3,(H2,85,86,87,88,89,90,91,92). The minimum Gasteiger partial charge on any atom is -0.453 e. The highest BCUT2D eigenvalue weighted by molar-refractivity contribution is 7.83. The summed E-state index contributed by atoms with van der Waals surface area (Å²) in [5, 5.41) is 2.92. The second kappa shape index (κ2) is 25.7. The maximum absolute atomic E-state index is 7.13. The molecule has 0 fully saturated rings. The van der Waals surface area contributed by atoms with Crippen LogP contribution in [-0.4, -0.2) is 39.9 Å². The van der Waals surface area contributed by atoms with E-state index < -0.39 is 0 Å². The van der Waals surface area contributed by atoms with Crippen molar-refractivity contribution < 1.29 is 28.4 Å². The molecule has 0 amide bonds. The summed E-state index contributed by atoms with van der Waals surface area (Å²) in [5.74, 6) is 8.22. The van der Waals surface area contributed by atoms with E-state index in [0.717, 1.165) is 98.5 Å². The van der Waals surface area contributed by atoms with Crippen LogP contribution in [0.5, 0.6) is 69.0 Å². The van der Waals surface area contributed by atoms with Gasteiger partial charge in [0, 0.05) is 53.6 Å². The number of rotatable bonds is 14. The zero-order chi connectivity index (χ0) is 69.7. The van der Waals surface area contributed by atoms with Gasteiger partial charge in [-0.2, -0.15) is 0 Å². The molecule has 0 saturated heterocycles. The lowest BCUT2D eigenvalue weighted by molar-refractivity contribution is 0.413. The average molecular weight is 1360 g/mol. The predicted octanol–water partition coefficient (Wildman–Crippen LogP) is 23.0. The number of aromatic nitrogens is 8. The van der Waals surface area contributed by atoms with Crippen LogP contribution in [0.15, 0.2) is 155 Å². The summed E-state index contributed by atoms with van der Waals surface area (Å²) in [6.07, 6.45) is 1.18. The molecule has 2 N–H and O–H groups in total. The van der Waals surface area contributed by atoms with Crippen molar-refractivity contribution in [2.75, 3.05) is 0 Å². The number of benzene rings is 10. The third-order valence-electron chi connectivity index (χ3n) is 19.0. The normalized spacial score (nSPS) is 11.7. The van der Waals surface area contributed by atoms with Crippen LogP contribution in [0.4, 0.5) is 0 Å². The van der Waals surface area contributed by atoms with Crippen molar-refractivity contribution in [2.24, 2.45) is 0 Å². The Morgan fingerprint density at radius 3 is 0.700 bits per heavy atom. The molecule has 10 aromatic carbocycles. The van der Waals surface area contributed by atoms with Crippen molar-refractivity contribution in [3.8, 4) is 115 Å². The van der Waals surface area contributed by atoms with Crippen molar-refractivity contribution in [1.29, 1.82) is 0 Å². The third-order valence-corrected chi connectivity index (χ3v) is 20.2. The SMILES string of the molecule is CCc1c(S)c(S)c(CC)c2c3nc4nc(nc5[nH]c(nc6nc(nc([nH]3)c12)-c1cc(Oc2c(C)cccc2C)c(Oc2c(C)cccc2C)cc1-6)c1cc(Oc2c(C)cccc2C)c(Oc2c(C)cccc2C)cc51)-c1cc(Oc2c(C)cccc2C)c(Oc2c(C)cccc2C)cc1-4. The van der Waals surface area contributed by atoms with E-state index in [4.69, 9.17) is 83.6 Å². The second-order valence-electron chi connectivity index (χ2n) is 26.2. The fourth-order valence-corrected chi connectivity index (χ4v) is 14.6. The van der Waals surface area contributed by atoms with E-state index in [9.17, 15) is 0 Å². The highest BCUT2D eigenvalue weighted by Crippen LogP contribution is 2.51. The first-order valence-electron chi connectivity index (χ1n) is 33.6. The number of hydrogen-bond acceptors (Lipinski definition) is 14. The van der Waals surface area contributed by atoms with E-state index in [1.807, 2.05) is 229 Å². The first-order chi connectivity index (χ1) is 48.2. The molecule has 0 radical (unpaired) electrons. The monoisotopic (exact) mass is 1350 g/mol. The Labute approximate surface area is 591 Å². The summed E-state index contributed by atoms with van der Waals surface area (Å²) in [6.45, 7) is 28.7. The molecule has 5 heterocycles. The molecule has 498 valence electrons. The van der Waals surface area contributed by atoms with Crippen LogP contribution < -0.4 is 28.4 Å². The predicted molar refractivity (Wildman–Crippen MR) is 405 cm³/mol. The van der Waals surface area contributed by atoms with Gasteiger partial charge in [0.15, 0.2) is 57.8 Å². The van der Waals surface area contributed by atoms with Crippen molar-refractivity contribution in [1.82, 2.24) is 39.9 Å². The number of para-hydroxylation sites is 6. The average Bonchev–Trinajstić information content (AvgIpc) is 1.58. The van der Waals surface area contributed by atoms with Gasteiger partial charge in [-0.05, 0) is 210 Å². The van der Waals surface area contributed by atoms with Crippen LogP contribution in [0.1, 0.15) is 91.7 Å². The van der Waals surface area contributed by atoms with E-state index in [0.29, 0.717) is 161 Å². The molecule has 13 aromatic rings. The topological polar surface area (TPSA) is 164 Å². The summed E-state index contributed by atoms with van der Waals surface area (Å²) >= 11 is 10.5. The zero-order valence-corrected chi connectivity index (χ0v) is 60.1. The summed E-state index contributed by atoms with van der Waals surface area (Å²) in [5.41, 5.74) is 17.6. The molecule has 16 heteroatoms. The number of ether oxygens (including phenoxy) is 6. The minimum absolute atomic E-state index is 0.329. The van der Waals surface area contributed by atoms with Crippen molar-refractivity contribution in [2.45, 2.75) is 120 Å². The zero-order valence-electron chi connectivity index (χ0n) is 58.3. The van der Waals surface area contributed by atoms with Crippen molar-refractivity contribution >= 4 is 69.4 Å². The van der Waals surface area contributed by atoms with E-state index in [1.165, 1.54) is 0 Å². The molecule has 14 nitrogen and oxygen atoms in total. The number of nitrogens with zero attached hydrogens (tertiary/aromatic N) is 6. The number of thiol groups is 2. The van der Waals surface area contributed by atoms with Crippen LogP contribution in [0.2, 0.25) is 0 Å². The molecule has 3 aromatic heterocycles. The lowest BCUT2D eigenvalue weighted by Gasteiger charge is -2.18. The fourth-order valence-electron chi connectivity index (χ4n) is 13.8. The fraction of sp³-hybridized carbons (Fsp3) is 0.190. The largest absolute Gasteiger partial charge is 0.453 e. The van der Waals surface area contributed by atoms with Gasteiger partial charge in [-0.25, -0.2) is 29.9 Å². The van der Waals surface area contributed by atoms with Gasteiger partial charge in [0.05, 0.1) is 0 Å². The van der Waals surface area contributed by atoms with E-state index >= 15 is 0 Å². The molecule has 0 saturated carbocycles. The van der Waals surface area contributed by atoms with Gasteiger partial charge in [-0.1, -0.05) is 123 Å². The summed E-state index contributed by atoms with van der Waals surface area (Å²) in [7, 11) is 0. The highest BCUT2D eigenvalue weighted by atomic mass is 32.1. The summed E-state index contributed by atoms with van der Waals surface area (Å²) < 4.78 is 42.7. The number of hydrogen-bond donors (Lipinski definition) is 4. The molecule has 0 unspecified atom stereocenters. The lowest BCUT2D eigenvalue weighted by Crippen LogP contribution is -1.97. The number of fused-ring (bicyclic) bond motifs is 20. The second-order valence-corrected chi connectivity index (χ2v) is 27.1. The molecule has 100 heavy (non-hydrogen) atoms. The molecular weight excluding hydrogens is 1280 g/mol. The molecular formula is C84H74N8O6S2. The smallest absolute Gasteiger partial charge is 0.170 e. The molecule has 0 aliphatic carbocycles. The number of aromatic amines is 2. The third kappa shape index (κ3) is 11.5. The molecule has 2 aliphatic heterocycles. The van der Waals surface area contributed by atoms with Gasteiger partial charge < -0.3 is 38.4 Å². The Balaban J connectivity index is 1.10. The molecule has 8 bridgehead atoms. The van der Waals surface area contributed by atoms with Crippen LogP contribution >= 0.6 is 25.3 Å². The number of aryl methyl sites for hydroxylation is 14. The Morgan fingerprint density at radius 1 is 0.280 bits per heavy atom. The highest BCUT2D eigenvalue weighted by Gasteiger charge is 2.31. The quantitative estimate of drug-likeness (QED) is 0.0763. The Hall–Kier alpha value is -10.9. The van der Waals surface area contributed by atoms with Gasteiger partial charge in [-0.15, -0.1) is 25.3 Å². The first kappa shape index (κ1) is 65.0. The summed E-state index contributed by atoms with van der Waals surface area (Å²) in [4.78, 5) is 42.6. The maximum atomic E-state index is 7.13. The van der Waals surface area contributed by atoms with Crippen molar-refractivity contribution in [3.63, 3.8) is 0 Å². The summed E-state index contributed by atoms with van der Waals surface area (Å²) in [6, 6.07) is 48.4. The molecule has 0 spiro atoms. The van der Waals surface area contributed by atoms with Gasteiger partial charge in [-0.3, -0.25) is 0 Å². The molecule has 2 aliphatic rings. The van der Waals surface area contributed by atoms with Crippen LogP contribution in [-0.2, 0) is 12.8 Å². The van der Waals surface area contributed by atoms with Crippen molar-refractivity contribution in [3.05, 3.63) is 223 Å². The Bertz CT molecular complexity index is 5330. The number of nitrogens with one attached hydrogen (secondary N) is 2. The van der Waals surface area contributed by atoms with Crippen LogP contribution in [0, 0.1) is 83.1 Å². The Morgan fingerprint density at radius 2 is 0.480 bits per heavy atom. The number of H-pyrrole nitrogens is 2. The van der Waals surface area contributed by atoms with E-state index in [-0.39, 0.29) is 0 Å². The van der Waals surface area contributed by atoms with Crippen LogP contribution in [0.3, 0.4) is 0 Å². The lowest BCUT2D eigenvalue weighted by atomic mass is 9.99. The van der Waals surface area contributed by atoms with Gasteiger partial charge in [0.25, 0.3) is 0 Å². The van der Waals surface area contributed by atoms with Crippen LogP contribution in [0.25, 0.3) is 89.7 Å². The van der Waals surface area contributed by atoms with E-state index in [2.05, 4.69) is 23.8 Å². The van der Waals surface area contributed by atoms with Gasteiger partial charge in [0.1, 0.15) is 57.1 Å². The Kier molecular flexibility index (Phi) is 16.7. The minimum atomic E-state index is 0.329.